The SMILES string of the molecule is COC(=O)c1ccc([C@H](C)Nc2nc(C)nc3oc(C)cc23)cc1.Cc1nc(N[C@@H](C)c2ccc(C(=O)O)cc2)c2cc(C)oc2n1.O.S.S.[Li+].[OH-]. The number of hydrogen-bond donors (Lipinski definition) is 3. The fourth-order valence-corrected chi connectivity index (χ4v) is 5.03. The fraction of sp³-hybridized carbons (Fsp3) is 0.257. The molecule has 0 unspecified atom stereocenters. The summed E-state index contributed by atoms with van der Waals surface area (Å²) in [5.74, 6) is 3.02. The maximum atomic E-state index is 11.5. The molecule has 6 N–H and O–H groups in total. The summed E-state index contributed by atoms with van der Waals surface area (Å²) in [4.78, 5) is 39.9. The number of anilines is 2. The summed E-state index contributed by atoms with van der Waals surface area (Å²) in [6.07, 6.45) is 0. The zero-order chi connectivity index (χ0) is 33.8. The van der Waals surface area contributed by atoms with Crippen LogP contribution in [-0.4, -0.2) is 55.0 Å². The molecule has 14 nitrogen and oxygen atoms in total. The Morgan fingerprint density at radius 1 is 0.692 bits per heavy atom. The third kappa shape index (κ3) is 11.2. The summed E-state index contributed by atoms with van der Waals surface area (Å²) >= 11 is 0. The van der Waals surface area contributed by atoms with Gasteiger partial charge < -0.3 is 40.3 Å². The second-order valence-electron chi connectivity index (χ2n) is 11.2. The number of carboxylic acid groups (broad SMARTS) is 1. The molecule has 2 atom stereocenters. The standard InChI is InChI=1S/C18H19N3O3.C17H17N3O3.Li.2H2O.2H2S/c1-10-9-15-16(20-12(3)21-17(15)24-10)19-11(2)13-5-7-14(8-6-13)18(22)23-4;1-9-8-14-15(19-11(3)20-16(14)23-9)18-10(2)12-4-6-13(7-5-12)17(21)22;;;;;/h5-9,11H,1-4H3,(H,19,20,21);4-8,10H,1-3H3,(H,21,22)(H,18,19,20);;4*1H2/q;;+1;;;;/p-1/t11-;10-;;;;;/m00...../s1. The van der Waals surface area contributed by atoms with Gasteiger partial charge in [0.05, 0.1) is 29.0 Å². The van der Waals surface area contributed by atoms with Crippen molar-refractivity contribution in [2.75, 3.05) is 17.7 Å². The van der Waals surface area contributed by atoms with Gasteiger partial charge in [-0.3, -0.25) is 0 Å². The minimum atomic E-state index is -0.931. The largest absolute Gasteiger partial charge is 1.00 e. The average Bonchev–Trinajstić information content (AvgIpc) is 3.61. The van der Waals surface area contributed by atoms with Gasteiger partial charge in [-0.25, -0.2) is 19.6 Å². The molecule has 4 heterocycles. The van der Waals surface area contributed by atoms with Crippen molar-refractivity contribution in [2.45, 2.75) is 53.6 Å². The second-order valence-corrected chi connectivity index (χ2v) is 11.2. The van der Waals surface area contributed by atoms with E-state index >= 15 is 0 Å². The monoisotopic (exact) mass is 746 g/mol. The number of carboxylic acids is 1. The first kappa shape index (κ1) is 47.4. The normalized spacial score (nSPS) is 11.1. The number of aryl methyl sites for hydroxylation is 4. The van der Waals surface area contributed by atoms with Crippen molar-refractivity contribution in [3.05, 3.63) is 106 Å². The minimum absolute atomic E-state index is 0. The van der Waals surface area contributed by atoms with Gasteiger partial charge in [0.25, 0.3) is 0 Å². The van der Waals surface area contributed by atoms with Gasteiger partial charge >= 0.3 is 30.8 Å². The molecule has 0 amide bonds. The van der Waals surface area contributed by atoms with E-state index < -0.39 is 5.97 Å². The van der Waals surface area contributed by atoms with Gasteiger partial charge in [0.15, 0.2) is 0 Å². The van der Waals surface area contributed by atoms with Crippen LogP contribution in [0.2, 0.25) is 0 Å². The number of rotatable bonds is 8. The van der Waals surface area contributed by atoms with Crippen LogP contribution in [0.15, 0.2) is 69.5 Å². The maximum Gasteiger partial charge on any atom is 1.00 e. The number of ether oxygens (including phenoxy) is 1. The van der Waals surface area contributed by atoms with Crippen LogP contribution in [0.3, 0.4) is 0 Å². The Bertz CT molecular complexity index is 2070. The summed E-state index contributed by atoms with van der Waals surface area (Å²) in [7, 11) is 1.37. The number of aromatic carboxylic acids is 1. The number of aromatic nitrogens is 4. The molecule has 0 aliphatic rings. The number of carbonyl (C=O) groups excluding carboxylic acids is 1. The molecule has 2 aromatic carbocycles. The summed E-state index contributed by atoms with van der Waals surface area (Å²) < 4.78 is 15.9. The number of fused-ring (bicyclic) bond motifs is 2. The summed E-state index contributed by atoms with van der Waals surface area (Å²) in [6, 6.07) is 17.9. The maximum absolute atomic E-state index is 11.5. The zero-order valence-corrected chi connectivity index (χ0v) is 32.2. The molecular weight excluding hydrogens is 703 g/mol. The van der Waals surface area contributed by atoms with Crippen molar-refractivity contribution >= 4 is 72.8 Å². The first-order valence-electron chi connectivity index (χ1n) is 15.0. The van der Waals surface area contributed by atoms with Gasteiger partial charge in [-0.15, -0.1) is 0 Å². The Morgan fingerprint density at radius 3 is 1.40 bits per heavy atom. The molecular formula is C35H43LiN6O8S2. The molecule has 0 fully saturated rings. The Morgan fingerprint density at radius 2 is 1.06 bits per heavy atom. The summed E-state index contributed by atoms with van der Waals surface area (Å²) in [5.41, 5.74) is 3.94. The van der Waals surface area contributed by atoms with Gasteiger partial charge in [-0.05, 0) is 89.1 Å². The molecule has 4 aromatic heterocycles. The predicted octanol–water partition coefficient (Wildman–Crippen LogP) is 3.74. The molecule has 6 rings (SSSR count). The Labute approximate surface area is 326 Å². The van der Waals surface area contributed by atoms with Crippen LogP contribution >= 0.6 is 27.0 Å². The minimum Gasteiger partial charge on any atom is -0.870 e. The molecule has 0 spiro atoms. The first-order valence-corrected chi connectivity index (χ1v) is 15.0. The van der Waals surface area contributed by atoms with Gasteiger partial charge in [0, 0.05) is 12.1 Å². The van der Waals surface area contributed by atoms with E-state index in [9.17, 15) is 9.59 Å². The molecule has 0 aliphatic carbocycles. The number of furan rings is 2. The van der Waals surface area contributed by atoms with E-state index in [1.54, 1.807) is 36.4 Å². The van der Waals surface area contributed by atoms with E-state index in [1.807, 2.05) is 65.8 Å². The van der Waals surface area contributed by atoms with Crippen LogP contribution in [-0.2, 0) is 4.74 Å². The van der Waals surface area contributed by atoms with Gasteiger partial charge in [-0.2, -0.15) is 37.0 Å². The molecule has 6 aromatic rings. The van der Waals surface area contributed by atoms with Gasteiger partial charge in [-0.1, -0.05) is 24.3 Å². The first-order chi connectivity index (χ1) is 22.4. The van der Waals surface area contributed by atoms with Crippen LogP contribution in [0, 0.1) is 27.7 Å². The van der Waals surface area contributed by atoms with Gasteiger partial charge in [0.1, 0.15) is 34.8 Å². The van der Waals surface area contributed by atoms with E-state index in [2.05, 4.69) is 30.6 Å². The Hall–Kier alpha value is -4.56. The Kier molecular flexibility index (Phi) is 18.7. The van der Waals surface area contributed by atoms with Crippen molar-refractivity contribution < 1.29 is 58.1 Å². The number of nitrogens with one attached hydrogen (secondary N) is 2. The number of esters is 1. The van der Waals surface area contributed by atoms with Crippen molar-refractivity contribution in [1.82, 2.24) is 19.9 Å². The number of hydrogen-bond acceptors (Lipinski definition) is 12. The number of benzene rings is 2. The smallest absolute Gasteiger partial charge is 0.870 e. The predicted molar refractivity (Wildman–Crippen MR) is 204 cm³/mol. The Balaban J connectivity index is 0.000000913. The molecule has 0 radical (unpaired) electrons. The molecule has 17 heteroatoms. The van der Waals surface area contributed by atoms with Crippen molar-refractivity contribution in [3.63, 3.8) is 0 Å². The molecule has 274 valence electrons. The van der Waals surface area contributed by atoms with Crippen molar-refractivity contribution in [3.8, 4) is 0 Å². The van der Waals surface area contributed by atoms with Crippen LogP contribution in [0.4, 0.5) is 11.6 Å². The fourth-order valence-electron chi connectivity index (χ4n) is 5.03. The molecule has 0 aliphatic heterocycles. The molecule has 0 saturated carbocycles. The van der Waals surface area contributed by atoms with Crippen LogP contribution in [0.5, 0.6) is 0 Å². The number of nitrogens with zero attached hydrogens (tertiary/aromatic N) is 4. The topological polar surface area (TPSA) is 227 Å². The van der Waals surface area contributed by atoms with Crippen LogP contribution in [0.25, 0.3) is 22.2 Å². The summed E-state index contributed by atoms with van der Waals surface area (Å²) in [5, 5.41) is 17.4. The number of carbonyl (C=O) groups is 2. The van der Waals surface area contributed by atoms with E-state index in [4.69, 9.17) is 18.7 Å². The summed E-state index contributed by atoms with van der Waals surface area (Å²) in [6.45, 7) is 11.4. The number of methoxy groups -OCH3 is 1. The second kappa shape index (κ2) is 20.5. The third-order valence-corrected chi connectivity index (χ3v) is 7.45. The van der Waals surface area contributed by atoms with E-state index in [1.165, 1.54) is 7.11 Å². The van der Waals surface area contributed by atoms with E-state index in [-0.39, 0.29) is 80.4 Å². The third-order valence-electron chi connectivity index (χ3n) is 7.45. The van der Waals surface area contributed by atoms with Crippen molar-refractivity contribution in [1.29, 1.82) is 0 Å². The molecule has 0 bridgehead atoms. The molecule has 52 heavy (non-hydrogen) atoms. The molecule has 0 saturated heterocycles. The van der Waals surface area contributed by atoms with E-state index in [0.717, 1.165) is 39.2 Å². The quantitative estimate of drug-likeness (QED) is 0.149. The average molecular weight is 747 g/mol. The van der Waals surface area contributed by atoms with Crippen LogP contribution in [0.1, 0.15) is 80.9 Å². The zero-order valence-electron chi connectivity index (χ0n) is 30.2. The van der Waals surface area contributed by atoms with Crippen LogP contribution < -0.4 is 29.5 Å². The van der Waals surface area contributed by atoms with Gasteiger partial charge in [0.2, 0.25) is 11.4 Å². The van der Waals surface area contributed by atoms with E-state index in [0.29, 0.717) is 34.5 Å². The van der Waals surface area contributed by atoms with Crippen molar-refractivity contribution in [2.24, 2.45) is 0 Å².